The molecule has 0 radical (unpaired) electrons. The predicted octanol–water partition coefficient (Wildman–Crippen LogP) is 3.83. The Morgan fingerprint density at radius 1 is 1.13 bits per heavy atom. The normalized spacial score (nSPS) is 13.5. The van der Waals surface area contributed by atoms with Crippen molar-refractivity contribution >= 4 is 11.9 Å². The van der Waals surface area contributed by atoms with Crippen LogP contribution < -0.4 is 4.74 Å². The number of benzene rings is 2. The summed E-state index contributed by atoms with van der Waals surface area (Å²) >= 11 is 0. The van der Waals surface area contributed by atoms with Gasteiger partial charge >= 0.3 is 5.97 Å². The highest BCUT2D eigenvalue weighted by molar-refractivity contribution is 5.89. The van der Waals surface area contributed by atoms with E-state index < -0.39 is 5.97 Å². The Morgan fingerprint density at radius 2 is 1.90 bits per heavy atom. The van der Waals surface area contributed by atoms with E-state index in [2.05, 4.69) is 4.98 Å². The van der Waals surface area contributed by atoms with Crippen molar-refractivity contribution in [3.8, 4) is 17.2 Å². The maximum Gasteiger partial charge on any atom is 0.338 e. The van der Waals surface area contributed by atoms with E-state index in [-0.39, 0.29) is 12.5 Å². The molecule has 2 heterocycles. The first-order valence-corrected chi connectivity index (χ1v) is 9.75. The summed E-state index contributed by atoms with van der Waals surface area (Å²) in [7, 11) is 1.61. The fourth-order valence-corrected chi connectivity index (χ4v) is 3.30. The quantitative estimate of drug-likeness (QED) is 0.555. The van der Waals surface area contributed by atoms with Crippen LogP contribution in [0.15, 0.2) is 59.2 Å². The fraction of sp³-hybridized carbons (Fsp3) is 0.261. The third-order valence-corrected chi connectivity index (χ3v) is 4.97. The number of rotatable bonds is 7. The van der Waals surface area contributed by atoms with Gasteiger partial charge in [-0.25, -0.2) is 9.78 Å². The highest BCUT2D eigenvalue weighted by Gasteiger charge is 2.20. The summed E-state index contributed by atoms with van der Waals surface area (Å²) in [5.74, 6) is 0.940. The smallest absolute Gasteiger partial charge is 0.338 e. The monoisotopic (exact) mass is 406 g/mol. The standard InChI is InChI=1S/C23H22N2O5/c1-28-20-10-8-17(9-11-20)22-24-19(14-29-22)15-30-23(27)18-6-4-16(5-7-18)13-25-12-2-3-21(25)26/h4-11,14H,2-3,12-13,15H2,1H3. The van der Waals surface area contributed by atoms with E-state index in [0.717, 1.165) is 29.8 Å². The molecular weight excluding hydrogens is 384 g/mol. The minimum absolute atomic E-state index is 0.0164. The maximum absolute atomic E-state index is 12.3. The van der Waals surface area contributed by atoms with E-state index in [9.17, 15) is 9.59 Å². The molecule has 7 nitrogen and oxygen atoms in total. The maximum atomic E-state index is 12.3. The molecule has 1 amide bonds. The van der Waals surface area contributed by atoms with Gasteiger partial charge in [0.05, 0.1) is 12.7 Å². The van der Waals surface area contributed by atoms with Crippen LogP contribution in [0.3, 0.4) is 0 Å². The molecular formula is C23H22N2O5. The second kappa shape index (κ2) is 8.82. The number of carbonyl (C=O) groups is 2. The van der Waals surface area contributed by atoms with Gasteiger partial charge in [-0.2, -0.15) is 0 Å². The zero-order valence-corrected chi connectivity index (χ0v) is 16.7. The molecule has 4 rings (SSSR count). The lowest BCUT2D eigenvalue weighted by molar-refractivity contribution is -0.128. The number of likely N-dealkylation sites (tertiary alicyclic amines) is 1. The number of methoxy groups -OCH3 is 1. The van der Waals surface area contributed by atoms with Crippen LogP contribution in [0.25, 0.3) is 11.5 Å². The van der Waals surface area contributed by atoms with E-state index in [1.807, 2.05) is 41.3 Å². The van der Waals surface area contributed by atoms with Crippen molar-refractivity contribution in [1.82, 2.24) is 9.88 Å². The van der Waals surface area contributed by atoms with Crippen LogP contribution in [-0.4, -0.2) is 35.4 Å². The van der Waals surface area contributed by atoms with Gasteiger partial charge in [0.25, 0.3) is 0 Å². The number of ether oxygens (including phenoxy) is 2. The lowest BCUT2D eigenvalue weighted by Crippen LogP contribution is -2.23. The molecule has 1 aromatic heterocycles. The van der Waals surface area contributed by atoms with Crippen LogP contribution in [0.4, 0.5) is 0 Å². The Labute approximate surface area is 174 Å². The summed E-state index contributed by atoms with van der Waals surface area (Å²) in [5, 5.41) is 0. The molecule has 2 aromatic carbocycles. The van der Waals surface area contributed by atoms with E-state index in [0.29, 0.717) is 30.1 Å². The summed E-state index contributed by atoms with van der Waals surface area (Å²) in [6.45, 7) is 1.38. The zero-order valence-electron chi connectivity index (χ0n) is 16.7. The van der Waals surface area contributed by atoms with Gasteiger partial charge in [0.2, 0.25) is 11.8 Å². The minimum atomic E-state index is -0.437. The molecule has 1 fully saturated rings. The summed E-state index contributed by atoms with van der Waals surface area (Å²) in [4.78, 5) is 30.2. The Hall–Kier alpha value is -3.61. The van der Waals surface area contributed by atoms with Crippen molar-refractivity contribution in [3.63, 3.8) is 0 Å². The predicted molar refractivity (Wildman–Crippen MR) is 109 cm³/mol. The largest absolute Gasteiger partial charge is 0.497 e. The van der Waals surface area contributed by atoms with E-state index in [1.54, 1.807) is 19.2 Å². The van der Waals surface area contributed by atoms with Crippen molar-refractivity contribution in [1.29, 1.82) is 0 Å². The highest BCUT2D eigenvalue weighted by atomic mass is 16.5. The Kier molecular flexibility index (Phi) is 5.79. The van der Waals surface area contributed by atoms with E-state index in [4.69, 9.17) is 13.9 Å². The number of amides is 1. The molecule has 0 N–H and O–H groups in total. The number of carbonyl (C=O) groups excluding carboxylic acids is 2. The second-order valence-corrected chi connectivity index (χ2v) is 7.06. The molecule has 0 saturated carbocycles. The molecule has 0 atom stereocenters. The molecule has 0 aliphatic carbocycles. The van der Waals surface area contributed by atoms with Crippen LogP contribution in [0, 0.1) is 0 Å². The Bertz CT molecular complexity index is 1020. The first-order chi connectivity index (χ1) is 14.6. The molecule has 0 bridgehead atoms. The van der Waals surface area contributed by atoms with Crippen LogP contribution in [0.1, 0.15) is 34.5 Å². The molecule has 0 unspecified atom stereocenters. The number of hydrogen-bond donors (Lipinski definition) is 0. The lowest BCUT2D eigenvalue weighted by Gasteiger charge is -2.15. The number of nitrogens with zero attached hydrogens (tertiary/aromatic N) is 2. The topological polar surface area (TPSA) is 81.9 Å². The van der Waals surface area contributed by atoms with Gasteiger partial charge < -0.3 is 18.8 Å². The van der Waals surface area contributed by atoms with Crippen LogP contribution in [0.2, 0.25) is 0 Å². The molecule has 1 aliphatic heterocycles. The van der Waals surface area contributed by atoms with Crippen molar-refractivity contribution in [3.05, 3.63) is 71.6 Å². The number of aromatic nitrogens is 1. The molecule has 3 aromatic rings. The lowest BCUT2D eigenvalue weighted by atomic mass is 10.1. The third-order valence-electron chi connectivity index (χ3n) is 4.97. The van der Waals surface area contributed by atoms with Crippen LogP contribution in [0.5, 0.6) is 5.75 Å². The van der Waals surface area contributed by atoms with Crippen LogP contribution >= 0.6 is 0 Å². The van der Waals surface area contributed by atoms with Gasteiger partial charge in [0.1, 0.15) is 24.3 Å². The average Bonchev–Trinajstić information content (AvgIpc) is 3.42. The van der Waals surface area contributed by atoms with Gasteiger partial charge in [-0.15, -0.1) is 0 Å². The van der Waals surface area contributed by atoms with Gasteiger partial charge in [-0.1, -0.05) is 12.1 Å². The summed E-state index contributed by atoms with van der Waals surface area (Å²) in [6, 6.07) is 14.5. The van der Waals surface area contributed by atoms with Gasteiger partial charge in [-0.05, 0) is 48.4 Å². The number of oxazole rings is 1. The molecule has 0 spiro atoms. The fourth-order valence-electron chi connectivity index (χ4n) is 3.30. The number of esters is 1. The van der Waals surface area contributed by atoms with Gasteiger partial charge in [-0.3, -0.25) is 4.79 Å². The van der Waals surface area contributed by atoms with Crippen molar-refractivity contribution in [2.75, 3.05) is 13.7 Å². The summed E-state index contributed by atoms with van der Waals surface area (Å²) in [5.41, 5.74) is 2.77. The van der Waals surface area contributed by atoms with Crippen molar-refractivity contribution in [2.24, 2.45) is 0 Å². The molecule has 1 aliphatic rings. The number of hydrogen-bond acceptors (Lipinski definition) is 6. The second-order valence-electron chi connectivity index (χ2n) is 7.06. The van der Waals surface area contributed by atoms with E-state index >= 15 is 0 Å². The first-order valence-electron chi connectivity index (χ1n) is 9.75. The average molecular weight is 406 g/mol. The Morgan fingerprint density at radius 3 is 2.57 bits per heavy atom. The third kappa shape index (κ3) is 4.51. The molecule has 1 saturated heterocycles. The van der Waals surface area contributed by atoms with Gasteiger partial charge in [0.15, 0.2) is 0 Å². The van der Waals surface area contributed by atoms with Gasteiger partial charge in [0, 0.05) is 25.1 Å². The summed E-state index contributed by atoms with van der Waals surface area (Å²) < 4.78 is 16.0. The first kappa shape index (κ1) is 19.7. The van der Waals surface area contributed by atoms with Crippen LogP contribution in [-0.2, 0) is 22.7 Å². The molecule has 30 heavy (non-hydrogen) atoms. The zero-order chi connectivity index (χ0) is 20.9. The minimum Gasteiger partial charge on any atom is -0.497 e. The highest BCUT2D eigenvalue weighted by Crippen LogP contribution is 2.22. The SMILES string of the molecule is COc1ccc(-c2nc(COC(=O)c3ccc(CN4CCCC4=O)cc3)co2)cc1. The molecule has 154 valence electrons. The summed E-state index contributed by atoms with van der Waals surface area (Å²) in [6.07, 6.45) is 3.00. The molecule has 7 heteroatoms. The van der Waals surface area contributed by atoms with Crippen molar-refractivity contribution in [2.45, 2.75) is 26.0 Å². The Balaban J connectivity index is 1.32. The van der Waals surface area contributed by atoms with Crippen molar-refractivity contribution < 1.29 is 23.5 Å². The van der Waals surface area contributed by atoms with E-state index in [1.165, 1.54) is 6.26 Å².